The van der Waals surface area contributed by atoms with E-state index >= 15 is 0 Å². The summed E-state index contributed by atoms with van der Waals surface area (Å²) in [5, 5.41) is 0. The van der Waals surface area contributed by atoms with E-state index in [2.05, 4.69) is 41.5 Å². The van der Waals surface area contributed by atoms with Crippen LogP contribution in [0.15, 0.2) is 0 Å². The van der Waals surface area contributed by atoms with E-state index in [9.17, 15) is 0 Å². The maximum Gasteiger partial charge on any atom is 3.00 e. The van der Waals surface area contributed by atoms with E-state index in [1.54, 1.807) is 0 Å². The fourth-order valence-corrected chi connectivity index (χ4v) is 0. The van der Waals surface area contributed by atoms with Gasteiger partial charge in [0.15, 0.2) is 0 Å². The predicted molar refractivity (Wildman–Crippen MR) is 46.1 cm³/mol. The minimum atomic E-state index is 0. The molecule has 0 saturated heterocycles. The van der Waals surface area contributed by atoms with Crippen molar-refractivity contribution < 1.29 is 0 Å². The number of hydrogen-bond acceptors (Lipinski definition) is 0. The third-order valence-electron chi connectivity index (χ3n) is 0. The van der Waals surface area contributed by atoms with Crippen LogP contribution in [0.2, 0.25) is 0 Å². The minimum absolute atomic E-state index is 0. The van der Waals surface area contributed by atoms with Crippen molar-refractivity contribution in [3.05, 3.63) is 13.8 Å². The molecule has 0 aliphatic heterocycles. The molecule has 0 amide bonds. The monoisotopic (exact) mass is 141 g/mol. The maximum absolute atomic E-state index is 3.64. The Balaban J connectivity index is -0.0000000720. The molecule has 0 aliphatic carbocycles. The Hall–Kier alpha value is 0.532. The van der Waals surface area contributed by atoms with Gasteiger partial charge in [-0.1, -0.05) is 27.7 Å². The molecule has 0 heterocycles. The van der Waals surface area contributed by atoms with Crippen LogP contribution >= 0.6 is 0 Å². The van der Waals surface area contributed by atoms with E-state index in [-0.39, 0.29) is 17.4 Å². The van der Waals surface area contributed by atoms with Crippen molar-refractivity contribution in [2.45, 2.75) is 27.7 Å². The molecule has 0 aromatic rings. The van der Waals surface area contributed by atoms with E-state index in [0.29, 0.717) is 11.8 Å². The van der Waals surface area contributed by atoms with Gasteiger partial charge in [-0.15, -0.1) is 0 Å². The Morgan fingerprint density at radius 3 is 0.778 bits per heavy atom. The molecule has 0 unspecified atom stereocenters. The number of hydrogen-bond donors (Lipinski definition) is 0. The van der Waals surface area contributed by atoms with Crippen LogP contribution in [0.5, 0.6) is 0 Å². The van der Waals surface area contributed by atoms with Gasteiger partial charge in [-0.25, -0.2) is 0 Å². The molecule has 0 fully saturated rings. The average Bonchev–Trinajstić information content (AvgIpc) is 1.25. The molecule has 0 aromatic carbocycles. The van der Waals surface area contributed by atoms with Crippen molar-refractivity contribution in [3.63, 3.8) is 0 Å². The zero-order chi connectivity index (χ0) is 7.15. The van der Waals surface area contributed by atoms with E-state index in [1.165, 1.54) is 0 Å². The summed E-state index contributed by atoms with van der Waals surface area (Å²) in [6.07, 6.45) is 0. The molecule has 52 valence electrons. The summed E-state index contributed by atoms with van der Waals surface area (Å²) in [5.74, 6) is 1.17. The van der Waals surface area contributed by atoms with Crippen LogP contribution in [-0.4, -0.2) is 17.4 Å². The SMILES string of the molecule is [Al+3].[CH2-]C(C)C.[CH2-]C(C)C. The first-order valence-electron chi connectivity index (χ1n) is 3.13. The molecule has 0 nitrogen and oxygen atoms in total. The van der Waals surface area contributed by atoms with E-state index in [4.69, 9.17) is 0 Å². The minimum Gasteiger partial charge on any atom is -0.341 e. The summed E-state index contributed by atoms with van der Waals surface area (Å²) in [4.78, 5) is 0. The van der Waals surface area contributed by atoms with Gasteiger partial charge >= 0.3 is 17.4 Å². The van der Waals surface area contributed by atoms with Crippen LogP contribution in [0.25, 0.3) is 0 Å². The van der Waals surface area contributed by atoms with Gasteiger partial charge < -0.3 is 13.8 Å². The maximum atomic E-state index is 3.64. The van der Waals surface area contributed by atoms with Crippen LogP contribution < -0.4 is 0 Å². The molecule has 0 saturated carbocycles. The van der Waals surface area contributed by atoms with Gasteiger partial charge in [-0.3, -0.25) is 0 Å². The summed E-state index contributed by atoms with van der Waals surface area (Å²) >= 11 is 0. The van der Waals surface area contributed by atoms with Crippen molar-refractivity contribution in [3.8, 4) is 0 Å². The van der Waals surface area contributed by atoms with E-state index in [1.807, 2.05) is 0 Å². The second-order valence-corrected chi connectivity index (χ2v) is 2.79. The largest absolute Gasteiger partial charge is 3.00 e. The molecule has 0 rings (SSSR count). The molecule has 0 spiro atoms. The molecule has 0 radical (unpaired) electrons. The fourth-order valence-electron chi connectivity index (χ4n) is 0. The van der Waals surface area contributed by atoms with Crippen molar-refractivity contribution in [1.29, 1.82) is 0 Å². The summed E-state index contributed by atoms with van der Waals surface area (Å²) in [7, 11) is 0. The quantitative estimate of drug-likeness (QED) is 0.359. The average molecular weight is 141 g/mol. The van der Waals surface area contributed by atoms with Gasteiger partial charge in [0, 0.05) is 0 Å². The molecule has 0 aliphatic rings. The zero-order valence-corrected chi connectivity index (χ0v) is 8.30. The standard InChI is InChI=1S/2C4H9.Al/c2*1-4(2)3;/h2*4H,1H2,2-3H3;/q2*-1;+3. The molecule has 0 atom stereocenters. The Labute approximate surface area is 71.2 Å². The van der Waals surface area contributed by atoms with E-state index < -0.39 is 0 Å². The van der Waals surface area contributed by atoms with Crippen LogP contribution in [0.4, 0.5) is 0 Å². The van der Waals surface area contributed by atoms with Crippen molar-refractivity contribution >= 4 is 17.4 Å². The molecule has 0 aromatic heterocycles. The molecular formula is C8H18Al+. The smallest absolute Gasteiger partial charge is 0.341 e. The molecule has 9 heavy (non-hydrogen) atoms. The van der Waals surface area contributed by atoms with Crippen LogP contribution in [0, 0.1) is 25.7 Å². The first-order chi connectivity index (χ1) is 3.46. The van der Waals surface area contributed by atoms with Crippen molar-refractivity contribution in [2.75, 3.05) is 0 Å². The van der Waals surface area contributed by atoms with Crippen molar-refractivity contribution in [1.82, 2.24) is 0 Å². The fraction of sp³-hybridized carbons (Fsp3) is 0.750. The van der Waals surface area contributed by atoms with Gasteiger partial charge in [0.05, 0.1) is 0 Å². The third kappa shape index (κ3) is 1280. The second-order valence-electron chi connectivity index (χ2n) is 2.79. The zero-order valence-electron chi connectivity index (χ0n) is 7.15. The normalized spacial score (nSPS) is 8.00. The van der Waals surface area contributed by atoms with Gasteiger partial charge in [-0.2, -0.15) is 11.8 Å². The van der Waals surface area contributed by atoms with Crippen molar-refractivity contribution in [2.24, 2.45) is 11.8 Å². The Bertz CT molecular complexity index is 20.0. The number of rotatable bonds is 0. The Morgan fingerprint density at radius 1 is 0.778 bits per heavy atom. The molecular weight excluding hydrogens is 123 g/mol. The molecule has 0 N–H and O–H groups in total. The van der Waals surface area contributed by atoms with Gasteiger partial charge in [0.25, 0.3) is 0 Å². The van der Waals surface area contributed by atoms with Crippen LogP contribution in [-0.2, 0) is 0 Å². The second kappa shape index (κ2) is 11.3. The summed E-state index contributed by atoms with van der Waals surface area (Å²) in [6, 6.07) is 0. The van der Waals surface area contributed by atoms with Gasteiger partial charge in [0.1, 0.15) is 0 Å². The molecule has 0 bridgehead atoms. The Morgan fingerprint density at radius 2 is 0.778 bits per heavy atom. The van der Waals surface area contributed by atoms with E-state index in [0.717, 1.165) is 0 Å². The summed E-state index contributed by atoms with van der Waals surface area (Å²) < 4.78 is 0. The summed E-state index contributed by atoms with van der Waals surface area (Å²) in [6.45, 7) is 15.5. The topological polar surface area (TPSA) is 0 Å². The molecule has 1 heteroatoms. The van der Waals surface area contributed by atoms with Crippen LogP contribution in [0.3, 0.4) is 0 Å². The third-order valence-corrected chi connectivity index (χ3v) is 0. The first kappa shape index (κ1) is 16.3. The van der Waals surface area contributed by atoms with Crippen LogP contribution in [0.1, 0.15) is 27.7 Å². The summed E-state index contributed by atoms with van der Waals surface area (Å²) in [5.41, 5.74) is 0. The van der Waals surface area contributed by atoms with Gasteiger partial charge in [-0.05, 0) is 0 Å². The first-order valence-corrected chi connectivity index (χ1v) is 3.13. The Kier molecular flexibility index (Phi) is 20.5. The predicted octanol–water partition coefficient (Wildman–Crippen LogP) is 2.57. The van der Waals surface area contributed by atoms with Gasteiger partial charge in [0.2, 0.25) is 0 Å².